The molecule has 0 aromatic rings. The average molecular weight is 352 g/mol. The standard InChI is InChI=1S/C19H37N5O/c1-16(2)18(25)24-14-9-17(15-24)22-19(20-3)21-10-8-13-23-11-6-4-5-7-12-23/h16-17H,4-15H2,1-3H3,(H2,20,21,22). The molecule has 0 aromatic carbocycles. The SMILES string of the molecule is CN=C(NCCCN1CCCCCC1)NC1CCN(C(=O)C(C)C)C1. The van der Waals surface area contributed by atoms with Crippen LogP contribution in [0, 0.1) is 5.92 Å². The smallest absolute Gasteiger partial charge is 0.225 e. The second-order valence-corrected chi connectivity index (χ2v) is 7.68. The van der Waals surface area contributed by atoms with Crippen molar-refractivity contribution < 1.29 is 4.79 Å². The van der Waals surface area contributed by atoms with Crippen LogP contribution in [0.5, 0.6) is 0 Å². The van der Waals surface area contributed by atoms with Gasteiger partial charge in [0.05, 0.1) is 0 Å². The molecule has 2 aliphatic heterocycles. The minimum Gasteiger partial charge on any atom is -0.356 e. The van der Waals surface area contributed by atoms with Gasteiger partial charge in [0.2, 0.25) is 5.91 Å². The second kappa shape index (κ2) is 10.6. The van der Waals surface area contributed by atoms with Crippen LogP contribution in [0.1, 0.15) is 52.4 Å². The van der Waals surface area contributed by atoms with E-state index in [1.165, 1.54) is 45.3 Å². The predicted molar refractivity (Wildman–Crippen MR) is 104 cm³/mol. The minimum absolute atomic E-state index is 0.0789. The summed E-state index contributed by atoms with van der Waals surface area (Å²) in [6, 6.07) is 0.305. The minimum atomic E-state index is 0.0789. The van der Waals surface area contributed by atoms with Gasteiger partial charge in [-0.15, -0.1) is 0 Å². The molecule has 0 radical (unpaired) electrons. The molecule has 2 N–H and O–H groups in total. The number of aliphatic imine (C=N–C) groups is 1. The van der Waals surface area contributed by atoms with E-state index in [0.717, 1.165) is 38.4 Å². The molecule has 144 valence electrons. The zero-order chi connectivity index (χ0) is 18.1. The van der Waals surface area contributed by atoms with Gasteiger partial charge in [0, 0.05) is 38.6 Å². The zero-order valence-corrected chi connectivity index (χ0v) is 16.4. The van der Waals surface area contributed by atoms with E-state index in [4.69, 9.17) is 0 Å². The lowest BCUT2D eigenvalue weighted by Gasteiger charge is -2.21. The summed E-state index contributed by atoms with van der Waals surface area (Å²) in [6.45, 7) is 10.2. The third-order valence-corrected chi connectivity index (χ3v) is 5.20. The number of rotatable bonds is 6. The maximum Gasteiger partial charge on any atom is 0.225 e. The Morgan fingerprint density at radius 3 is 2.52 bits per heavy atom. The molecule has 0 saturated carbocycles. The Kier molecular flexibility index (Phi) is 8.52. The Morgan fingerprint density at radius 1 is 1.16 bits per heavy atom. The van der Waals surface area contributed by atoms with Gasteiger partial charge in [-0.2, -0.15) is 0 Å². The van der Waals surface area contributed by atoms with Crippen molar-refractivity contribution in [1.29, 1.82) is 0 Å². The number of hydrogen-bond donors (Lipinski definition) is 2. The Morgan fingerprint density at radius 2 is 1.88 bits per heavy atom. The molecule has 1 amide bonds. The van der Waals surface area contributed by atoms with Gasteiger partial charge in [0.25, 0.3) is 0 Å². The van der Waals surface area contributed by atoms with E-state index in [9.17, 15) is 4.79 Å². The number of likely N-dealkylation sites (tertiary alicyclic amines) is 2. The van der Waals surface area contributed by atoms with Crippen molar-refractivity contribution >= 4 is 11.9 Å². The van der Waals surface area contributed by atoms with E-state index < -0.39 is 0 Å². The largest absolute Gasteiger partial charge is 0.356 e. The summed E-state index contributed by atoms with van der Waals surface area (Å²) in [5, 5.41) is 6.90. The van der Waals surface area contributed by atoms with Crippen molar-refractivity contribution in [2.75, 3.05) is 46.3 Å². The molecule has 2 saturated heterocycles. The van der Waals surface area contributed by atoms with E-state index in [2.05, 4.69) is 20.5 Å². The molecule has 6 heteroatoms. The fraction of sp³-hybridized carbons (Fsp3) is 0.895. The van der Waals surface area contributed by atoms with Gasteiger partial charge in [-0.05, 0) is 45.3 Å². The molecule has 0 spiro atoms. The fourth-order valence-electron chi connectivity index (χ4n) is 3.70. The number of amides is 1. The topological polar surface area (TPSA) is 60.0 Å². The summed E-state index contributed by atoms with van der Waals surface area (Å²) in [7, 11) is 1.82. The summed E-state index contributed by atoms with van der Waals surface area (Å²) in [4.78, 5) is 21.0. The van der Waals surface area contributed by atoms with Crippen LogP contribution in [0.4, 0.5) is 0 Å². The summed E-state index contributed by atoms with van der Waals surface area (Å²) >= 11 is 0. The highest BCUT2D eigenvalue weighted by atomic mass is 16.2. The number of guanidine groups is 1. The van der Waals surface area contributed by atoms with Crippen molar-refractivity contribution in [2.24, 2.45) is 10.9 Å². The van der Waals surface area contributed by atoms with Crippen LogP contribution in [0.3, 0.4) is 0 Å². The molecule has 2 fully saturated rings. The van der Waals surface area contributed by atoms with Gasteiger partial charge in [-0.1, -0.05) is 26.7 Å². The van der Waals surface area contributed by atoms with Crippen LogP contribution in [0.25, 0.3) is 0 Å². The van der Waals surface area contributed by atoms with Crippen molar-refractivity contribution in [3.63, 3.8) is 0 Å². The molecule has 6 nitrogen and oxygen atoms in total. The van der Waals surface area contributed by atoms with Crippen molar-refractivity contribution in [2.45, 2.75) is 58.4 Å². The van der Waals surface area contributed by atoms with Crippen LogP contribution in [-0.2, 0) is 4.79 Å². The number of hydrogen-bond acceptors (Lipinski definition) is 3. The lowest BCUT2D eigenvalue weighted by molar-refractivity contribution is -0.133. The summed E-state index contributed by atoms with van der Waals surface area (Å²) < 4.78 is 0. The van der Waals surface area contributed by atoms with E-state index in [0.29, 0.717) is 6.04 Å². The third-order valence-electron chi connectivity index (χ3n) is 5.20. The Balaban J connectivity index is 1.63. The molecule has 0 aromatic heterocycles. The first-order valence-electron chi connectivity index (χ1n) is 10.1. The quantitative estimate of drug-likeness (QED) is 0.434. The Bertz CT molecular complexity index is 430. The lowest BCUT2D eigenvalue weighted by Crippen LogP contribution is -2.45. The lowest BCUT2D eigenvalue weighted by atomic mass is 10.2. The average Bonchev–Trinajstić information content (AvgIpc) is 2.91. The summed E-state index contributed by atoms with van der Waals surface area (Å²) in [6.07, 6.45) is 7.62. The fourth-order valence-corrected chi connectivity index (χ4v) is 3.70. The molecule has 1 unspecified atom stereocenters. The number of carbonyl (C=O) groups is 1. The predicted octanol–water partition coefficient (Wildman–Crippen LogP) is 1.67. The van der Waals surface area contributed by atoms with Gasteiger partial charge in [0.1, 0.15) is 0 Å². The van der Waals surface area contributed by atoms with Crippen molar-refractivity contribution in [3.8, 4) is 0 Å². The highest BCUT2D eigenvalue weighted by Crippen LogP contribution is 2.13. The molecule has 2 rings (SSSR count). The normalized spacial score (nSPS) is 23.0. The van der Waals surface area contributed by atoms with Crippen LogP contribution in [0.15, 0.2) is 4.99 Å². The number of nitrogens with one attached hydrogen (secondary N) is 2. The highest BCUT2D eigenvalue weighted by Gasteiger charge is 2.27. The molecule has 0 bridgehead atoms. The van der Waals surface area contributed by atoms with E-state index >= 15 is 0 Å². The molecule has 0 aliphatic carbocycles. The van der Waals surface area contributed by atoms with Gasteiger partial charge in [-0.3, -0.25) is 9.79 Å². The first-order valence-corrected chi connectivity index (χ1v) is 10.1. The van der Waals surface area contributed by atoms with Crippen molar-refractivity contribution in [1.82, 2.24) is 20.4 Å². The molecule has 25 heavy (non-hydrogen) atoms. The molecule has 2 aliphatic rings. The van der Waals surface area contributed by atoms with Gasteiger partial charge in [0.15, 0.2) is 5.96 Å². The zero-order valence-electron chi connectivity index (χ0n) is 16.4. The van der Waals surface area contributed by atoms with Gasteiger partial charge >= 0.3 is 0 Å². The monoisotopic (exact) mass is 351 g/mol. The summed E-state index contributed by atoms with van der Waals surface area (Å²) in [5.74, 6) is 1.19. The van der Waals surface area contributed by atoms with Gasteiger partial charge in [-0.25, -0.2) is 0 Å². The third kappa shape index (κ3) is 6.84. The highest BCUT2D eigenvalue weighted by molar-refractivity contribution is 5.81. The Hall–Kier alpha value is -1.30. The van der Waals surface area contributed by atoms with Crippen LogP contribution < -0.4 is 10.6 Å². The number of carbonyl (C=O) groups excluding carboxylic acids is 1. The van der Waals surface area contributed by atoms with Crippen LogP contribution >= 0.6 is 0 Å². The van der Waals surface area contributed by atoms with E-state index in [1.54, 1.807) is 0 Å². The second-order valence-electron chi connectivity index (χ2n) is 7.68. The van der Waals surface area contributed by atoms with Crippen molar-refractivity contribution in [3.05, 3.63) is 0 Å². The van der Waals surface area contributed by atoms with Gasteiger partial charge < -0.3 is 20.4 Å². The first-order chi connectivity index (χ1) is 12.1. The molecule has 2 heterocycles. The van der Waals surface area contributed by atoms with Crippen LogP contribution in [-0.4, -0.2) is 74.0 Å². The van der Waals surface area contributed by atoms with E-state index in [1.807, 2.05) is 25.8 Å². The molecular weight excluding hydrogens is 314 g/mol. The number of nitrogens with zero attached hydrogens (tertiary/aromatic N) is 3. The molecular formula is C19H37N5O. The maximum absolute atomic E-state index is 12.1. The first kappa shape index (κ1) is 20.0. The maximum atomic E-state index is 12.1. The Labute approximate surface area is 153 Å². The molecule has 1 atom stereocenters. The van der Waals surface area contributed by atoms with Crippen LogP contribution in [0.2, 0.25) is 0 Å². The van der Waals surface area contributed by atoms with E-state index in [-0.39, 0.29) is 11.8 Å². The summed E-state index contributed by atoms with van der Waals surface area (Å²) in [5.41, 5.74) is 0.